The van der Waals surface area contributed by atoms with Crippen LogP contribution in [-0.2, 0) is 11.2 Å². The summed E-state index contributed by atoms with van der Waals surface area (Å²) in [7, 11) is 0. The van der Waals surface area contributed by atoms with Crippen LogP contribution in [0.1, 0.15) is 44.7 Å². The second-order valence-corrected chi connectivity index (χ2v) is 7.04. The fraction of sp³-hybridized carbons (Fsp3) is 0.435. The van der Waals surface area contributed by atoms with Gasteiger partial charge in [-0.2, -0.15) is 0 Å². The second-order valence-electron chi connectivity index (χ2n) is 7.04. The molecule has 0 aliphatic carbocycles. The van der Waals surface area contributed by atoms with Gasteiger partial charge in [0.05, 0.1) is 6.10 Å². The molecule has 0 fully saturated rings. The van der Waals surface area contributed by atoms with E-state index in [1.54, 1.807) is 0 Å². The highest BCUT2D eigenvalue weighted by Crippen LogP contribution is 2.17. The Morgan fingerprint density at radius 2 is 1.74 bits per heavy atom. The lowest BCUT2D eigenvalue weighted by molar-refractivity contribution is -0.128. The first-order valence-corrected chi connectivity index (χ1v) is 9.74. The summed E-state index contributed by atoms with van der Waals surface area (Å²) in [4.78, 5) is 12.4. The van der Waals surface area contributed by atoms with E-state index in [4.69, 9.17) is 9.47 Å². The van der Waals surface area contributed by atoms with E-state index in [0.717, 1.165) is 29.9 Å². The Hall–Kier alpha value is -2.49. The third-order valence-electron chi connectivity index (χ3n) is 4.14. The summed E-state index contributed by atoms with van der Waals surface area (Å²) in [5.41, 5.74) is 2.33. The van der Waals surface area contributed by atoms with Gasteiger partial charge in [0.2, 0.25) is 0 Å². The number of hydrogen-bond acceptors (Lipinski definition) is 3. The van der Waals surface area contributed by atoms with Gasteiger partial charge in [-0.25, -0.2) is 0 Å². The molecule has 0 saturated carbocycles. The van der Waals surface area contributed by atoms with Gasteiger partial charge in [0.15, 0.2) is 6.10 Å². The zero-order valence-electron chi connectivity index (χ0n) is 16.8. The largest absolute Gasteiger partial charge is 0.491 e. The highest BCUT2D eigenvalue weighted by molar-refractivity contribution is 5.81. The highest BCUT2D eigenvalue weighted by Gasteiger charge is 2.17. The SMILES string of the molecule is CC[C@@H](Oc1cccc(C)c1)C(=O)NCCCc1cccc(OC(C)C)c1. The minimum absolute atomic E-state index is 0.0594. The van der Waals surface area contributed by atoms with Crippen molar-refractivity contribution in [2.45, 2.75) is 59.2 Å². The molecule has 0 aromatic heterocycles. The van der Waals surface area contributed by atoms with Crippen LogP contribution < -0.4 is 14.8 Å². The van der Waals surface area contributed by atoms with Crippen LogP contribution in [0.25, 0.3) is 0 Å². The van der Waals surface area contributed by atoms with Gasteiger partial charge in [0.1, 0.15) is 11.5 Å². The molecule has 2 aromatic rings. The molecule has 0 heterocycles. The first-order chi connectivity index (χ1) is 13.0. The van der Waals surface area contributed by atoms with Gasteiger partial charge in [0.25, 0.3) is 5.91 Å². The summed E-state index contributed by atoms with van der Waals surface area (Å²) >= 11 is 0. The maximum Gasteiger partial charge on any atom is 0.261 e. The molecule has 0 aliphatic heterocycles. The zero-order chi connectivity index (χ0) is 19.6. The van der Waals surface area contributed by atoms with Gasteiger partial charge in [-0.1, -0.05) is 31.2 Å². The number of nitrogens with one attached hydrogen (secondary N) is 1. The van der Waals surface area contributed by atoms with E-state index in [-0.39, 0.29) is 12.0 Å². The van der Waals surface area contributed by atoms with E-state index in [2.05, 4.69) is 17.4 Å². The molecule has 0 saturated heterocycles. The minimum Gasteiger partial charge on any atom is -0.491 e. The molecule has 0 spiro atoms. The Labute approximate surface area is 162 Å². The quantitative estimate of drug-likeness (QED) is 0.618. The lowest BCUT2D eigenvalue weighted by Gasteiger charge is -2.17. The molecule has 1 amide bonds. The molecule has 2 rings (SSSR count). The highest BCUT2D eigenvalue weighted by atomic mass is 16.5. The number of carbonyl (C=O) groups excluding carboxylic acids is 1. The third kappa shape index (κ3) is 7.33. The monoisotopic (exact) mass is 369 g/mol. The number of aryl methyl sites for hydroxylation is 2. The zero-order valence-corrected chi connectivity index (χ0v) is 16.8. The molecule has 4 nitrogen and oxygen atoms in total. The fourth-order valence-corrected chi connectivity index (χ4v) is 2.84. The molecule has 4 heteroatoms. The lowest BCUT2D eigenvalue weighted by atomic mass is 10.1. The van der Waals surface area contributed by atoms with Crippen molar-refractivity contribution in [3.05, 3.63) is 59.7 Å². The molecule has 0 bridgehead atoms. The van der Waals surface area contributed by atoms with E-state index in [1.165, 1.54) is 5.56 Å². The third-order valence-corrected chi connectivity index (χ3v) is 4.14. The van der Waals surface area contributed by atoms with E-state index in [1.807, 2.05) is 64.1 Å². The van der Waals surface area contributed by atoms with Gasteiger partial charge in [0, 0.05) is 6.54 Å². The molecule has 2 aromatic carbocycles. The number of benzene rings is 2. The normalized spacial score (nSPS) is 11.9. The summed E-state index contributed by atoms with van der Waals surface area (Å²) in [5, 5.41) is 2.99. The standard InChI is InChI=1S/C23H31NO3/c1-5-22(27-20-12-6-9-18(4)15-20)23(25)24-14-8-11-19-10-7-13-21(16-19)26-17(2)3/h6-7,9-10,12-13,15-17,22H,5,8,11,14H2,1-4H3,(H,24,25)/t22-/m1/s1. The molecule has 0 radical (unpaired) electrons. The van der Waals surface area contributed by atoms with Gasteiger partial charge in [-0.15, -0.1) is 0 Å². The van der Waals surface area contributed by atoms with Crippen LogP contribution in [0, 0.1) is 6.92 Å². The molecule has 0 aliphatic rings. The van der Waals surface area contributed by atoms with E-state index in [0.29, 0.717) is 13.0 Å². The molecule has 1 atom stereocenters. The summed E-state index contributed by atoms with van der Waals surface area (Å²) in [6.45, 7) is 8.63. The van der Waals surface area contributed by atoms with Crippen LogP contribution >= 0.6 is 0 Å². The Morgan fingerprint density at radius 3 is 2.41 bits per heavy atom. The first kappa shape index (κ1) is 20.8. The van der Waals surface area contributed by atoms with Crippen molar-refractivity contribution < 1.29 is 14.3 Å². The van der Waals surface area contributed by atoms with Gasteiger partial charge in [-0.3, -0.25) is 4.79 Å². The first-order valence-electron chi connectivity index (χ1n) is 9.74. The predicted octanol–water partition coefficient (Wildman–Crippen LogP) is 4.69. The number of ether oxygens (including phenoxy) is 2. The smallest absolute Gasteiger partial charge is 0.261 e. The summed E-state index contributed by atoms with van der Waals surface area (Å²) in [6.07, 6.45) is 2.10. The Balaban J connectivity index is 1.77. The van der Waals surface area contributed by atoms with Crippen LogP contribution in [0.5, 0.6) is 11.5 Å². The van der Waals surface area contributed by atoms with Gasteiger partial charge in [-0.05, 0) is 75.4 Å². The van der Waals surface area contributed by atoms with Gasteiger partial charge >= 0.3 is 0 Å². The number of hydrogen-bond donors (Lipinski definition) is 1. The average molecular weight is 370 g/mol. The maximum absolute atomic E-state index is 12.4. The predicted molar refractivity (Wildman–Crippen MR) is 109 cm³/mol. The van der Waals surface area contributed by atoms with E-state index >= 15 is 0 Å². The van der Waals surface area contributed by atoms with Crippen LogP contribution in [0.15, 0.2) is 48.5 Å². The summed E-state index contributed by atoms with van der Waals surface area (Å²) in [6, 6.07) is 15.9. The fourth-order valence-electron chi connectivity index (χ4n) is 2.84. The number of amides is 1. The van der Waals surface area contributed by atoms with Crippen molar-refractivity contribution in [3.63, 3.8) is 0 Å². The van der Waals surface area contributed by atoms with Crippen LogP contribution in [-0.4, -0.2) is 24.7 Å². The van der Waals surface area contributed by atoms with Gasteiger partial charge < -0.3 is 14.8 Å². The number of carbonyl (C=O) groups is 1. The summed E-state index contributed by atoms with van der Waals surface area (Å²) < 4.78 is 11.6. The van der Waals surface area contributed by atoms with Crippen molar-refractivity contribution in [2.75, 3.05) is 6.54 Å². The minimum atomic E-state index is -0.463. The van der Waals surface area contributed by atoms with Crippen molar-refractivity contribution >= 4 is 5.91 Å². The lowest BCUT2D eigenvalue weighted by Crippen LogP contribution is -2.38. The van der Waals surface area contributed by atoms with Crippen LogP contribution in [0.3, 0.4) is 0 Å². The Morgan fingerprint density at radius 1 is 1.04 bits per heavy atom. The average Bonchev–Trinajstić information content (AvgIpc) is 2.63. The maximum atomic E-state index is 12.4. The van der Waals surface area contributed by atoms with Crippen molar-refractivity contribution in [2.24, 2.45) is 0 Å². The molecular weight excluding hydrogens is 338 g/mol. The van der Waals surface area contributed by atoms with Crippen LogP contribution in [0.4, 0.5) is 0 Å². The molecule has 1 N–H and O–H groups in total. The Bertz CT molecular complexity index is 727. The van der Waals surface area contributed by atoms with E-state index in [9.17, 15) is 4.79 Å². The van der Waals surface area contributed by atoms with Crippen molar-refractivity contribution in [1.29, 1.82) is 0 Å². The van der Waals surface area contributed by atoms with Crippen LogP contribution in [0.2, 0.25) is 0 Å². The van der Waals surface area contributed by atoms with Crippen molar-refractivity contribution in [1.82, 2.24) is 5.32 Å². The molecule has 0 unspecified atom stereocenters. The summed E-state index contributed by atoms with van der Waals surface area (Å²) in [5.74, 6) is 1.57. The molecule has 27 heavy (non-hydrogen) atoms. The van der Waals surface area contributed by atoms with E-state index < -0.39 is 6.10 Å². The second kappa shape index (κ2) is 10.6. The van der Waals surface area contributed by atoms with Crippen molar-refractivity contribution in [3.8, 4) is 11.5 Å². The molecular formula is C23H31NO3. The number of rotatable bonds is 10. The molecule has 146 valence electrons. The Kier molecular flexibility index (Phi) is 8.18. The topological polar surface area (TPSA) is 47.6 Å².